The number of fused-ring (bicyclic) bond motifs is 1. The lowest BCUT2D eigenvalue weighted by molar-refractivity contribution is 0.530. The summed E-state index contributed by atoms with van der Waals surface area (Å²) in [4.78, 5) is 0. The highest BCUT2D eigenvalue weighted by Gasteiger charge is 2.21. The Balaban J connectivity index is 1.72. The monoisotopic (exact) mass is 291 g/mol. The molecule has 2 aromatic rings. The number of aryl methyl sites for hydroxylation is 1. The maximum absolute atomic E-state index is 6.18. The van der Waals surface area contributed by atoms with Crippen LogP contribution in [-0.4, -0.2) is 0 Å². The summed E-state index contributed by atoms with van der Waals surface area (Å²) in [5.74, 6) is 0. The van der Waals surface area contributed by atoms with E-state index in [0.717, 1.165) is 35.0 Å². The van der Waals surface area contributed by atoms with Crippen molar-refractivity contribution >= 4 is 23.2 Å². The van der Waals surface area contributed by atoms with Crippen molar-refractivity contribution in [3.63, 3.8) is 0 Å². The van der Waals surface area contributed by atoms with Crippen molar-refractivity contribution in [3.8, 4) is 0 Å². The first-order valence-corrected chi connectivity index (χ1v) is 7.25. The summed E-state index contributed by atoms with van der Waals surface area (Å²) in [5.41, 5.74) is 3.93. The van der Waals surface area contributed by atoms with Crippen molar-refractivity contribution in [3.05, 3.63) is 69.2 Å². The second-order valence-corrected chi connectivity index (χ2v) is 5.75. The zero-order valence-electron chi connectivity index (χ0n) is 10.5. The number of nitrogens with one attached hydrogen (secondary N) is 1. The molecule has 0 fully saturated rings. The highest BCUT2D eigenvalue weighted by Crippen LogP contribution is 2.31. The van der Waals surface area contributed by atoms with Crippen molar-refractivity contribution in [2.45, 2.75) is 25.4 Å². The Morgan fingerprint density at radius 1 is 1.11 bits per heavy atom. The molecule has 1 aliphatic carbocycles. The van der Waals surface area contributed by atoms with Gasteiger partial charge in [0, 0.05) is 22.6 Å². The molecule has 0 aromatic heterocycles. The van der Waals surface area contributed by atoms with Crippen molar-refractivity contribution in [1.82, 2.24) is 5.32 Å². The topological polar surface area (TPSA) is 12.0 Å². The average Bonchev–Trinajstić information content (AvgIpc) is 2.83. The van der Waals surface area contributed by atoms with Crippen LogP contribution in [0.2, 0.25) is 10.0 Å². The van der Waals surface area contributed by atoms with Gasteiger partial charge in [-0.2, -0.15) is 0 Å². The third-order valence-corrected chi connectivity index (χ3v) is 4.28. The molecule has 0 heterocycles. The molecule has 19 heavy (non-hydrogen) atoms. The van der Waals surface area contributed by atoms with Crippen LogP contribution >= 0.6 is 23.2 Å². The third kappa shape index (κ3) is 2.79. The molecule has 98 valence electrons. The second kappa shape index (κ2) is 5.54. The zero-order chi connectivity index (χ0) is 13.2. The van der Waals surface area contributed by atoms with Crippen LogP contribution in [0.3, 0.4) is 0 Å². The first-order valence-electron chi connectivity index (χ1n) is 6.49. The maximum Gasteiger partial charge on any atom is 0.0451 e. The SMILES string of the molecule is Clc1ccc(Cl)c(CNC2CCc3ccccc32)c1. The van der Waals surface area contributed by atoms with Gasteiger partial charge in [-0.3, -0.25) is 0 Å². The van der Waals surface area contributed by atoms with E-state index in [1.54, 1.807) is 0 Å². The van der Waals surface area contributed by atoms with E-state index in [0.29, 0.717) is 6.04 Å². The quantitative estimate of drug-likeness (QED) is 0.859. The maximum atomic E-state index is 6.18. The zero-order valence-corrected chi connectivity index (χ0v) is 12.0. The van der Waals surface area contributed by atoms with Gasteiger partial charge >= 0.3 is 0 Å². The lowest BCUT2D eigenvalue weighted by atomic mass is 10.1. The minimum atomic E-state index is 0.422. The Labute approximate surface area is 123 Å². The fourth-order valence-electron chi connectivity index (χ4n) is 2.68. The predicted octanol–water partition coefficient (Wildman–Crippen LogP) is 4.77. The molecule has 1 unspecified atom stereocenters. The van der Waals surface area contributed by atoms with Gasteiger partial charge < -0.3 is 5.32 Å². The molecule has 1 N–H and O–H groups in total. The van der Waals surface area contributed by atoms with Crippen molar-refractivity contribution in [2.75, 3.05) is 0 Å². The van der Waals surface area contributed by atoms with Crippen LogP contribution in [0.15, 0.2) is 42.5 Å². The van der Waals surface area contributed by atoms with Crippen LogP contribution in [0.4, 0.5) is 0 Å². The van der Waals surface area contributed by atoms with Gasteiger partial charge in [0.15, 0.2) is 0 Å². The van der Waals surface area contributed by atoms with Crippen molar-refractivity contribution < 1.29 is 0 Å². The van der Waals surface area contributed by atoms with Crippen molar-refractivity contribution in [1.29, 1.82) is 0 Å². The summed E-state index contributed by atoms with van der Waals surface area (Å²) in [6, 6.07) is 14.6. The van der Waals surface area contributed by atoms with Gasteiger partial charge in [0.2, 0.25) is 0 Å². The van der Waals surface area contributed by atoms with Crippen LogP contribution in [0.5, 0.6) is 0 Å². The van der Waals surface area contributed by atoms with E-state index in [4.69, 9.17) is 23.2 Å². The average molecular weight is 292 g/mol. The van der Waals surface area contributed by atoms with E-state index in [-0.39, 0.29) is 0 Å². The molecule has 0 saturated carbocycles. The number of hydrogen-bond acceptors (Lipinski definition) is 1. The Hall–Kier alpha value is -1.02. The van der Waals surface area contributed by atoms with Gasteiger partial charge in [0.1, 0.15) is 0 Å². The number of benzene rings is 2. The summed E-state index contributed by atoms with van der Waals surface area (Å²) in [5, 5.41) is 5.08. The molecule has 2 aromatic carbocycles. The Morgan fingerprint density at radius 2 is 1.95 bits per heavy atom. The molecular weight excluding hydrogens is 277 g/mol. The fraction of sp³-hybridized carbons (Fsp3) is 0.250. The molecule has 0 amide bonds. The smallest absolute Gasteiger partial charge is 0.0451 e. The molecule has 3 heteroatoms. The molecule has 0 radical (unpaired) electrons. The van der Waals surface area contributed by atoms with E-state index in [9.17, 15) is 0 Å². The van der Waals surface area contributed by atoms with Gasteiger partial charge in [-0.05, 0) is 47.7 Å². The third-order valence-electron chi connectivity index (χ3n) is 3.68. The summed E-state index contributed by atoms with van der Waals surface area (Å²) in [6.07, 6.45) is 2.30. The number of hydrogen-bond donors (Lipinski definition) is 1. The molecule has 0 saturated heterocycles. The van der Waals surface area contributed by atoms with Gasteiger partial charge in [-0.25, -0.2) is 0 Å². The molecule has 1 nitrogen and oxygen atoms in total. The molecule has 3 rings (SSSR count). The number of halogens is 2. The minimum Gasteiger partial charge on any atom is -0.306 e. The lowest BCUT2D eigenvalue weighted by Gasteiger charge is -2.15. The van der Waals surface area contributed by atoms with Crippen molar-refractivity contribution in [2.24, 2.45) is 0 Å². The van der Waals surface area contributed by atoms with Gasteiger partial charge in [-0.1, -0.05) is 47.5 Å². The lowest BCUT2D eigenvalue weighted by Crippen LogP contribution is -2.18. The predicted molar refractivity (Wildman–Crippen MR) is 80.8 cm³/mol. The van der Waals surface area contributed by atoms with Gasteiger partial charge in [0.25, 0.3) is 0 Å². The minimum absolute atomic E-state index is 0.422. The molecule has 0 spiro atoms. The van der Waals surface area contributed by atoms with E-state index in [1.807, 2.05) is 18.2 Å². The highest BCUT2D eigenvalue weighted by molar-refractivity contribution is 6.33. The summed E-state index contributed by atoms with van der Waals surface area (Å²) >= 11 is 12.2. The summed E-state index contributed by atoms with van der Waals surface area (Å²) in [6.45, 7) is 0.748. The molecule has 0 aliphatic heterocycles. The van der Waals surface area contributed by atoms with Crippen LogP contribution < -0.4 is 5.32 Å². The Morgan fingerprint density at radius 3 is 2.84 bits per heavy atom. The summed E-state index contributed by atoms with van der Waals surface area (Å²) < 4.78 is 0. The van der Waals surface area contributed by atoms with Crippen LogP contribution in [0.25, 0.3) is 0 Å². The number of rotatable bonds is 3. The normalized spacial score (nSPS) is 17.5. The van der Waals surface area contributed by atoms with Crippen LogP contribution in [0, 0.1) is 0 Å². The molecular formula is C16H15Cl2N. The first-order chi connectivity index (χ1) is 9.24. The molecule has 1 aliphatic rings. The van der Waals surface area contributed by atoms with E-state index in [1.165, 1.54) is 11.1 Å². The van der Waals surface area contributed by atoms with E-state index < -0.39 is 0 Å². The largest absolute Gasteiger partial charge is 0.306 e. The second-order valence-electron chi connectivity index (χ2n) is 4.91. The molecule has 0 bridgehead atoms. The van der Waals surface area contributed by atoms with Gasteiger partial charge in [0.05, 0.1) is 0 Å². The van der Waals surface area contributed by atoms with E-state index in [2.05, 4.69) is 29.6 Å². The van der Waals surface area contributed by atoms with Crippen LogP contribution in [-0.2, 0) is 13.0 Å². The van der Waals surface area contributed by atoms with Crippen LogP contribution in [0.1, 0.15) is 29.2 Å². The highest BCUT2D eigenvalue weighted by atomic mass is 35.5. The Kier molecular flexibility index (Phi) is 3.79. The fourth-order valence-corrected chi connectivity index (χ4v) is 3.06. The molecule has 1 atom stereocenters. The van der Waals surface area contributed by atoms with E-state index >= 15 is 0 Å². The Bertz CT molecular complexity index is 595. The first kappa shape index (κ1) is 13.0. The summed E-state index contributed by atoms with van der Waals surface area (Å²) in [7, 11) is 0. The standard InChI is InChI=1S/C16H15Cl2N/c17-13-6-7-15(18)12(9-13)10-19-16-8-5-11-3-1-2-4-14(11)16/h1-4,6-7,9,16,19H,5,8,10H2. The van der Waals surface area contributed by atoms with Gasteiger partial charge in [-0.15, -0.1) is 0 Å².